The summed E-state index contributed by atoms with van der Waals surface area (Å²) in [5.74, 6) is -0.777. The van der Waals surface area contributed by atoms with E-state index in [1.165, 1.54) is 22.3 Å². The molecule has 1 saturated carbocycles. The van der Waals surface area contributed by atoms with Crippen molar-refractivity contribution in [2.45, 2.75) is 57.4 Å². The molecule has 3 N–H and O–H groups in total. The molecule has 1 fully saturated rings. The molecule has 3 atom stereocenters. The fourth-order valence-electron chi connectivity index (χ4n) is 5.36. The fraction of sp³-hybridized carbons (Fsp3) is 0.464. The summed E-state index contributed by atoms with van der Waals surface area (Å²) in [7, 11) is 0. The first-order chi connectivity index (χ1) is 16.9. The number of aliphatic carboxylic acids is 1. The third kappa shape index (κ3) is 6.21. The van der Waals surface area contributed by atoms with E-state index in [0.717, 1.165) is 19.3 Å². The van der Waals surface area contributed by atoms with Crippen LogP contribution in [0.3, 0.4) is 0 Å². The van der Waals surface area contributed by atoms with Gasteiger partial charge in [0.25, 0.3) is 0 Å². The fourth-order valence-corrected chi connectivity index (χ4v) is 5.36. The van der Waals surface area contributed by atoms with Crippen molar-refractivity contribution >= 4 is 18.0 Å². The number of carbonyl (C=O) groups is 3. The number of fused-ring (bicyclic) bond motifs is 3. The first-order valence-electron chi connectivity index (χ1n) is 12.5. The van der Waals surface area contributed by atoms with Crippen molar-refractivity contribution in [2.24, 2.45) is 11.8 Å². The van der Waals surface area contributed by atoms with E-state index in [1.54, 1.807) is 0 Å². The molecule has 0 spiro atoms. The van der Waals surface area contributed by atoms with Crippen LogP contribution in [0, 0.1) is 11.8 Å². The Morgan fingerprint density at radius 1 is 1.03 bits per heavy atom. The third-order valence-electron chi connectivity index (χ3n) is 7.23. The highest BCUT2D eigenvalue weighted by atomic mass is 16.5. The van der Waals surface area contributed by atoms with E-state index in [2.05, 4.69) is 34.9 Å². The minimum atomic E-state index is -0.778. The van der Waals surface area contributed by atoms with Crippen LogP contribution in [0.2, 0.25) is 0 Å². The number of benzene rings is 2. The van der Waals surface area contributed by atoms with Gasteiger partial charge in [-0.3, -0.25) is 9.59 Å². The first-order valence-corrected chi connectivity index (χ1v) is 12.5. The van der Waals surface area contributed by atoms with Crippen LogP contribution in [0.15, 0.2) is 48.5 Å². The van der Waals surface area contributed by atoms with E-state index in [9.17, 15) is 14.4 Å². The molecule has 0 radical (unpaired) electrons. The van der Waals surface area contributed by atoms with Gasteiger partial charge in [-0.05, 0) is 60.3 Å². The van der Waals surface area contributed by atoms with E-state index in [0.29, 0.717) is 19.4 Å². The molecular formula is C28H34N2O5. The minimum Gasteiger partial charge on any atom is -0.481 e. The molecule has 2 amide bonds. The summed E-state index contributed by atoms with van der Waals surface area (Å²) < 4.78 is 5.55. The second kappa shape index (κ2) is 11.4. The molecule has 2 aliphatic carbocycles. The summed E-state index contributed by atoms with van der Waals surface area (Å²) in [6, 6.07) is 16.5. The number of rotatable bonds is 10. The lowest BCUT2D eigenvalue weighted by atomic mass is 9.98. The van der Waals surface area contributed by atoms with Gasteiger partial charge in [-0.15, -0.1) is 0 Å². The Morgan fingerprint density at radius 3 is 2.34 bits per heavy atom. The van der Waals surface area contributed by atoms with Crippen molar-refractivity contribution in [3.63, 3.8) is 0 Å². The highest BCUT2D eigenvalue weighted by Gasteiger charge is 2.30. The number of carbonyl (C=O) groups excluding carboxylic acids is 2. The standard InChI is InChI=1S/C28H34N2O5/c1-18(27(33)30-20-13-12-19(15-20)16-26(31)32)7-6-14-29-28(34)35-17-25-23-10-4-2-8-21(23)22-9-3-5-11-24(22)25/h2-5,8-11,18-20,25H,6-7,12-17H2,1H3,(H,29,34)(H,30,33)(H,31,32). The lowest BCUT2D eigenvalue weighted by Crippen LogP contribution is -2.37. The molecule has 2 aromatic carbocycles. The van der Waals surface area contributed by atoms with Crippen LogP contribution in [0.4, 0.5) is 4.79 Å². The van der Waals surface area contributed by atoms with E-state index in [4.69, 9.17) is 9.84 Å². The lowest BCUT2D eigenvalue weighted by molar-refractivity contribution is -0.138. The van der Waals surface area contributed by atoms with E-state index < -0.39 is 12.1 Å². The molecule has 0 aromatic heterocycles. The molecule has 0 saturated heterocycles. The van der Waals surface area contributed by atoms with Crippen LogP contribution >= 0.6 is 0 Å². The summed E-state index contributed by atoms with van der Waals surface area (Å²) in [5.41, 5.74) is 4.74. The molecule has 7 nitrogen and oxygen atoms in total. The average molecular weight is 479 g/mol. The van der Waals surface area contributed by atoms with Crippen LogP contribution in [0.1, 0.15) is 62.5 Å². The van der Waals surface area contributed by atoms with Crippen LogP contribution in [0.25, 0.3) is 11.1 Å². The van der Waals surface area contributed by atoms with Crippen molar-refractivity contribution in [3.05, 3.63) is 59.7 Å². The Hall–Kier alpha value is -3.35. The number of hydrogen-bond acceptors (Lipinski definition) is 4. The Bertz CT molecular complexity index is 1020. The Morgan fingerprint density at radius 2 is 1.69 bits per heavy atom. The second-order valence-corrected chi connectivity index (χ2v) is 9.78. The maximum atomic E-state index is 12.5. The Labute approximate surface area is 206 Å². The molecule has 7 heteroatoms. The van der Waals surface area contributed by atoms with Crippen LogP contribution in [-0.2, 0) is 14.3 Å². The summed E-state index contributed by atoms with van der Waals surface area (Å²) in [4.78, 5) is 35.6. The number of amides is 2. The van der Waals surface area contributed by atoms with Crippen LogP contribution in [0.5, 0.6) is 0 Å². The monoisotopic (exact) mass is 478 g/mol. The number of carboxylic acid groups (broad SMARTS) is 1. The molecule has 4 rings (SSSR count). The van der Waals surface area contributed by atoms with Gasteiger partial charge in [0.2, 0.25) is 5.91 Å². The van der Waals surface area contributed by atoms with Gasteiger partial charge in [-0.1, -0.05) is 55.5 Å². The maximum absolute atomic E-state index is 12.5. The second-order valence-electron chi connectivity index (χ2n) is 9.78. The number of carboxylic acids is 1. The molecular weight excluding hydrogens is 444 g/mol. The smallest absolute Gasteiger partial charge is 0.407 e. The predicted molar refractivity (Wildman–Crippen MR) is 133 cm³/mol. The SMILES string of the molecule is CC(CCCNC(=O)OCC1c2ccccc2-c2ccccc21)C(=O)NC1CCC(CC(=O)O)C1. The third-order valence-corrected chi connectivity index (χ3v) is 7.23. The number of hydrogen-bond donors (Lipinski definition) is 3. The van der Waals surface area contributed by atoms with Crippen molar-refractivity contribution in [3.8, 4) is 11.1 Å². The molecule has 0 heterocycles. The van der Waals surface area contributed by atoms with Crippen LogP contribution in [-0.4, -0.2) is 42.3 Å². The van der Waals surface area contributed by atoms with Crippen LogP contribution < -0.4 is 10.6 Å². The zero-order valence-electron chi connectivity index (χ0n) is 20.2. The zero-order valence-corrected chi connectivity index (χ0v) is 20.2. The largest absolute Gasteiger partial charge is 0.481 e. The van der Waals surface area contributed by atoms with Crippen molar-refractivity contribution in [1.29, 1.82) is 0 Å². The van der Waals surface area contributed by atoms with Gasteiger partial charge in [-0.25, -0.2) is 4.79 Å². The molecule has 3 unspecified atom stereocenters. The van der Waals surface area contributed by atoms with Gasteiger partial charge in [0.1, 0.15) is 6.61 Å². The lowest BCUT2D eigenvalue weighted by Gasteiger charge is -2.17. The number of ether oxygens (including phenoxy) is 1. The Kier molecular flexibility index (Phi) is 8.06. The molecule has 0 aliphatic heterocycles. The van der Waals surface area contributed by atoms with E-state index in [-0.39, 0.29) is 42.7 Å². The van der Waals surface area contributed by atoms with Gasteiger partial charge in [0.15, 0.2) is 0 Å². The van der Waals surface area contributed by atoms with Crippen molar-refractivity contribution < 1.29 is 24.2 Å². The highest BCUT2D eigenvalue weighted by Crippen LogP contribution is 2.44. The number of alkyl carbamates (subject to hydrolysis) is 1. The van der Waals surface area contributed by atoms with Gasteiger partial charge < -0.3 is 20.5 Å². The quantitative estimate of drug-likeness (QED) is 0.429. The normalized spacial score (nSPS) is 19.5. The van der Waals surface area contributed by atoms with Crippen molar-refractivity contribution in [2.75, 3.05) is 13.2 Å². The molecule has 186 valence electrons. The minimum absolute atomic E-state index is 0.00730. The summed E-state index contributed by atoms with van der Waals surface area (Å²) in [6.45, 7) is 2.60. The highest BCUT2D eigenvalue weighted by molar-refractivity contribution is 5.79. The summed E-state index contributed by atoms with van der Waals surface area (Å²) in [6.07, 6.45) is 3.46. The van der Waals surface area contributed by atoms with Gasteiger partial charge in [-0.2, -0.15) is 0 Å². The van der Waals surface area contributed by atoms with Gasteiger partial charge in [0, 0.05) is 30.8 Å². The van der Waals surface area contributed by atoms with E-state index >= 15 is 0 Å². The van der Waals surface area contributed by atoms with E-state index in [1.807, 2.05) is 31.2 Å². The van der Waals surface area contributed by atoms with Crippen molar-refractivity contribution in [1.82, 2.24) is 10.6 Å². The summed E-state index contributed by atoms with van der Waals surface area (Å²) in [5, 5.41) is 14.8. The maximum Gasteiger partial charge on any atom is 0.407 e. The molecule has 35 heavy (non-hydrogen) atoms. The van der Waals surface area contributed by atoms with Gasteiger partial charge >= 0.3 is 12.1 Å². The molecule has 2 aliphatic rings. The topological polar surface area (TPSA) is 105 Å². The van der Waals surface area contributed by atoms with Gasteiger partial charge in [0.05, 0.1) is 0 Å². The first kappa shape index (κ1) is 24.8. The average Bonchev–Trinajstić information content (AvgIpc) is 3.41. The number of nitrogens with one attached hydrogen (secondary N) is 2. The molecule has 0 bridgehead atoms. The predicted octanol–water partition coefficient (Wildman–Crippen LogP) is 4.70. The molecule has 2 aromatic rings. The summed E-state index contributed by atoms with van der Waals surface area (Å²) >= 11 is 0. The zero-order chi connectivity index (χ0) is 24.8. The Balaban J connectivity index is 1.15.